The van der Waals surface area contributed by atoms with Gasteiger partial charge in [0.25, 0.3) is 0 Å². The van der Waals surface area contributed by atoms with E-state index in [4.69, 9.17) is 5.73 Å². The molecule has 0 aromatic heterocycles. The SMILES string of the molecule is CC(C)(Cc1cc(Br)ccc1NCC1(O)CCCC1)C(N)=O. The van der Waals surface area contributed by atoms with Gasteiger partial charge in [0.2, 0.25) is 5.91 Å². The summed E-state index contributed by atoms with van der Waals surface area (Å²) in [6.07, 6.45) is 4.42. The Morgan fingerprint density at radius 3 is 2.64 bits per heavy atom. The van der Waals surface area contributed by atoms with E-state index in [9.17, 15) is 9.90 Å². The van der Waals surface area contributed by atoms with Crippen LogP contribution in [0, 0.1) is 5.41 Å². The summed E-state index contributed by atoms with van der Waals surface area (Å²) in [6.45, 7) is 4.24. The van der Waals surface area contributed by atoms with Gasteiger partial charge in [0.1, 0.15) is 0 Å². The number of primary amides is 1. The molecule has 1 fully saturated rings. The Labute approximate surface area is 140 Å². The Balaban J connectivity index is 2.15. The molecule has 0 atom stereocenters. The lowest BCUT2D eigenvalue weighted by molar-refractivity contribution is -0.125. The zero-order valence-electron chi connectivity index (χ0n) is 13.3. The molecule has 0 aliphatic heterocycles. The number of hydrogen-bond acceptors (Lipinski definition) is 3. The van der Waals surface area contributed by atoms with Gasteiger partial charge in [-0.2, -0.15) is 0 Å². The molecule has 0 bridgehead atoms. The minimum absolute atomic E-state index is 0.312. The van der Waals surface area contributed by atoms with Gasteiger partial charge in [-0.25, -0.2) is 0 Å². The molecule has 4 nitrogen and oxygen atoms in total. The molecule has 1 saturated carbocycles. The van der Waals surface area contributed by atoms with E-state index in [1.54, 1.807) is 0 Å². The molecule has 0 spiro atoms. The molecule has 1 aliphatic rings. The van der Waals surface area contributed by atoms with Crippen molar-refractivity contribution in [1.29, 1.82) is 0 Å². The molecule has 2 rings (SSSR count). The molecule has 122 valence electrons. The second-order valence-corrected chi connectivity index (χ2v) is 7.93. The van der Waals surface area contributed by atoms with Crippen LogP contribution in [0.3, 0.4) is 0 Å². The third-order valence-electron chi connectivity index (χ3n) is 4.51. The Kier molecular flexibility index (Phi) is 5.17. The van der Waals surface area contributed by atoms with E-state index >= 15 is 0 Å². The first-order valence-electron chi connectivity index (χ1n) is 7.76. The third kappa shape index (κ3) is 4.23. The lowest BCUT2D eigenvalue weighted by Gasteiger charge is -2.26. The first-order valence-corrected chi connectivity index (χ1v) is 8.56. The van der Waals surface area contributed by atoms with E-state index in [1.807, 2.05) is 32.0 Å². The quantitative estimate of drug-likeness (QED) is 0.721. The number of carbonyl (C=O) groups excluding carboxylic acids is 1. The average molecular weight is 369 g/mol. The number of halogens is 1. The molecule has 4 N–H and O–H groups in total. The van der Waals surface area contributed by atoms with Crippen LogP contribution in [0.4, 0.5) is 5.69 Å². The van der Waals surface area contributed by atoms with Crippen LogP contribution in [0.5, 0.6) is 0 Å². The van der Waals surface area contributed by atoms with Gasteiger partial charge < -0.3 is 16.2 Å². The monoisotopic (exact) mass is 368 g/mol. The molecule has 0 heterocycles. The number of aliphatic hydroxyl groups is 1. The summed E-state index contributed by atoms with van der Waals surface area (Å²) < 4.78 is 0.966. The van der Waals surface area contributed by atoms with Crippen LogP contribution in [0.1, 0.15) is 45.1 Å². The third-order valence-corrected chi connectivity index (χ3v) is 5.00. The molecule has 1 aromatic rings. The number of amides is 1. The zero-order chi connectivity index (χ0) is 16.4. The highest BCUT2D eigenvalue weighted by molar-refractivity contribution is 9.10. The van der Waals surface area contributed by atoms with Crippen molar-refractivity contribution < 1.29 is 9.90 Å². The van der Waals surface area contributed by atoms with Crippen molar-refractivity contribution in [2.75, 3.05) is 11.9 Å². The summed E-state index contributed by atoms with van der Waals surface area (Å²) in [6, 6.07) is 5.95. The van der Waals surface area contributed by atoms with Crippen LogP contribution in [0.25, 0.3) is 0 Å². The number of carbonyl (C=O) groups is 1. The van der Waals surface area contributed by atoms with Crippen LogP contribution in [0.15, 0.2) is 22.7 Å². The predicted octanol–water partition coefficient (Wildman–Crippen LogP) is 3.22. The molecule has 1 aromatic carbocycles. The highest BCUT2D eigenvalue weighted by Gasteiger charge is 2.31. The smallest absolute Gasteiger partial charge is 0.223 e. The van der Waals surface area contributed by atoms with Crippen LogP contribution < -0.4 is 11.1 Å². The normalized spacial score (nSPS) is 17.5. The van der Waals surface area contributed by atoms with Crippen molar-refractivity contribution in [2.45, 2.75) is 51.6 Å². The van der Waals surface area contributed by atoms with Gasteiger partial charge in [-0.1, -0.05) is 42.6 Å². The van der Waals surface area contributed by atoms with Crippen molar-refractivity contribution in [3.8, 4) is 0 Å². The number of rotatable bonds is 6. The topological polar surface area (TPSA) is 75.3 Å². The van der Waals surface area contributed by atoms with Crippen molar-refractivity contribution in [2.24, 2.45) is 11.1 Å². The Morgan fingerprint density at radius 2 is 2.05 bits per heavy atom. The fourth-order valence-electron chi connectivity index (χ4n) is 2.91. The lowest BCUT2D eigenvalue weighted by Crippen LogP contribution is -2.35. The highest BCUT2D eigenvalue weighted by Crippen LogP contribution is 2.32. The molecular formula is C17H25BrN2O2. The summed E-state index contributed by atoms with van der Waals surface area (Å²) in [5, 5.41) is 13.8. The Morgan fingerprint density at radius 1 is 1.41 bits per heavy atom. The first kappa shape index (κ1) is 17.3. The number of anilines is 1. The standard InChI is InChI=1S/C17H25BrN2O2/c1-16(2,15(19)21)10-12-9-13(18)5-6-14(12)20-11-17(22)7-3-4-8-17/h5-6,9,20,22H,3-4,7-8,10-11H2,1-2H3,(H2,19,21). The van der Waals surface area contributed by atoms with Gasteiger partial charge >= 0.3 is 0 Å². The van der Waals surface area contributed by atoms with Gasteiger partial charge in [-0.05, 0) is 43.0 Å². The second-order valence-electron chi connectivity index (χ2n) is 7.01. The average Bonchev–Trinajstić information content (AvgIpc) is 2.84. The van der Waals surface area contributed by atoms with E-state index in [1.165, 1.54) is 0 Å². The molecule has 1 aliphatic carbocycles. The van der Waals surface area contributed by atoms with Gasteiger partial charge in [-0.15, -0.1) is 0 Å². The first-order chi connectivity index (χ1) is 10.2. The molecule has 0 radical (unpaired) electrons. The van der Waals surface area contributed by atoms with Gasteiger partial charge in [0.15, 0.2) is 0 Å². The summed E-state index contributed by atoms with van der Waals surface area (Å²) in [7, 11) is 0. The van der Waals surface area contributed by atoms with E-state index in [2.05, 4.69) is 21.2 Å². The molecule has 5 heteroatoms. The lowest BCUT2D eigenvalue weighted by atomic mass is 9.84. The summed E-state index contributed by atoms with van der Waals surface area (Å²) in [4.78, 5) is 11.6. The van der Waals surface area contributed by atoms with E-state index in [0.29, 0.717) is 13.0 Å². The summed E-state index contributed by atoms with van der Waals surface area (Å²) in [5.41, 5.74) is 6.26. The largest absolute Gasteiger partial charge is 0.388 e. The van der Waals surface area contributed by atoms with Crippen LogP contribution >= 0.6 is 15.9 Å². The fraction of sp³-hybridized carbons (Fsp3) is 0.588. The number of nitrogens with one attached hydrogen (secondary N) is 1. The van der Waals surface area contributed by atoms with Crippen LogP contribution in [-0.4, -0.2) is 23.2 Å². The van der Waals surface area contributed by atoms with Crippen molar-refractivity contribution in [3.63, 3.8) is 0 Å². The maximum absolute atomic E-state index is 11.6. The van der Waals surface area contributed by atoms with E-state index in [-0.39, 0.29) is 5.91 Å². The van der Waals surface area contributed by atoms with Crippen molar-refractivity contribution in [1.82, 2.24) is 0 Å². The highest BCUT2D eigenvalue weighted by atomic mass is 79.9. The van der Waals surface area contributed by atoms with Crippen molar-refractivity contribution in [3.05, 3.63) is 28.2 Å². The zero-order valence-corrected chi connectivity index (χ0v) is 14.9. The Bertz CT molecular complexity index is 552. The van der Waals surface area contributed by atoms with E-state index < -0.39 is 11.0 Å². The van der Waals surface area contributed by atoms with Gasteiger partial charge in [0.05, 0.1) is 5.60 Å². The van der Waals surface area contributed by atoms with Gasteiger partial charge in [-0.3, -0.25) is 4.79 Å². The molecule has 0 saturated heterocycles. The molecule has 0 unspecified atom stereocenters. The minimum atomic E-state index is -0.610. The van der Waals surface area contributed by atoms with Gasteiger partial charge in [0, 0.05) is 22.1 Å². The fourth-order valence-corrected chi connectivity index (χ4v) is 3.32. The molecule has 1 amide bonds. The summed E-state index contributed by atoms with van der Waals surface area (Å²) >= 11 is 3.48. The second kappa shape index (κ2) is 6.59. The molecular weight excluding hydrogens is 344 g/mol. The maximum Gasteiger partial charge on any atom is 0.223 e. The summed E-state index contributed by atoms with van der Waals surface area (Å²) in [5.74, 6) is -0.312. The number of hydrogen-bond donors (Lipinski definition) is 3. The van der Waals surface area contributed by atoms with E-state index in [0.717, 1.165) is 41.4 Å². The van der Waals surface area contributed by atoms with Crippen LogP contribution in [-0.2, 0) is 11.2 Å². The number of benzene rings is 1. The molecule has 22 heavy (non-hydrogen) atoms. The predicted molar refractivity (Wildman–Crippen MR) is 92.7 cm³/mol. The Hall–Kier alpha value is -1.07. The number of nitrogens with two attached hydrogens (primary N) is 1. The maximum atomic E-state index is 11.6. The van der Waals surface area contributed by atoms with Crippen molar-refractivity contribution >= 4 is 27.5 Å². The minimum Gasteiger partial charge on any atom is -0.388 e. The van der Waals surface area contributed by atoms with Crippen LogP contribution in [0.2, 0.25) is 0 Å².